The smallest absolute Gasteiger partial charge is 0.308 e. The van der Waals surface area contributed by atoms with Crippen LogP contribution >= 0.6 is 0 Å². The summed E-state index contributed by atoms with van der Waals surface area (Å²) in [5.41, 5.74) is 8.87. The molecule has 0 saturated carbocycles. The Bertz CT molecular complexity index is 388. The summed E-state index contributed by atoms with van der Waals surface area (Å²) in [4.78, 5) is 11.1. The van der Waals surface area contributed by atoms with Crippen molar-refractivity contribution in [3.63, 3.8) is 0 Å². The van der Waals surface area contributed by atoms with E-state index in [0.29, 0.717) is 0 Å². The topological polar surface area (TPSA) is 63.3 Å². The molecule has 0 aromatic heterocycles. The average Bonchev–Trinajstić information content (AvgIpc) is 2.22. The number of hydrogen-bond donors (Lipinski definition) is 2. The lowest BCUT2D eigenvalue weighted by molar-refractivity contribution is -0.142. The van der Waals surface area contributed by atoms with Gasteiger partial charge in [-0.1, -0.05) is 30.7 Å². The number of aliphatic carboxylic acids is 1. The van der Waals surface area contributed by atoms with Crippen molar-refractivity contribution < 1.29 is 9.90 Å². The van der Waals surface area contributed by atoms with Crippen molar-refractivity contribution >= 4 is 5.97 Å². The third kappa shape index (κ3) is 2.61. The van der Waals surface area contributed by atoms with E-state index in [1.807, 2.05) is 39.0 Å². The van der Waals surface area contributed by atoms with Gasteiger partial charge in [-0.15, -0.1) is 0 Å². The minimum atomic E-state index is -0.823. The lowest BCUT2D eigenvalue weighted by Gasteiger charge is -2.21. The van der Waals surface area contributed by atoms with Gasteiger partial charge in [0, 0.05) is 6.54 Å². The Morgan fingerprint density at radius 3 is 2.56 bits per heavy atom. The molecule has 1 aromatic carbocycles. The Labute approximate surface area is 96.3 Å². The van der Waals surface area contributed by atoms with Gasteiger partial charge in [-0.3, -0.25) is 4.79 Å². The first-order valence-electron chi connectivity index (χ1n) is 5.47. The third-order valence-corrected chi connectivity index (χ3v) is 3.10. The maximum Gasteiger partial charge on any atom is 0.308 e. The zero-order valence-electron chi connectivity index (χ0n) is 10.0. The molecule has 0 heterocycles. The molecule has 3 heteroatoms. The van der Waals surface area contributed by atoms with Crippen molar-refractivity contribution in [3.8, 4) is 0 Å². The molecule has 1 aromatic rings. The van der Waals surface area contributed by atoms with Crippen molar-refractivity contribution in [3.05, 3.63) is 34.9 Å². The van der Waals surface area contributed by atoms with Crippen LogP contribution in [0.4, 0.5) is 0 Å². The molecule has 0 saturated heterocycles. The Kier molecular flexibility index (Phi) is 4.07. The highest BCUT2D eigenvalue weighted by atomic mass is 16.4. The fraction of sp³-hybridized carbons (Fsp3) is 0.462. The summed E-state index contributed by atoms with van der Waals surface area (Å²) in [7, 11) is 0. The summed E-state index contributed by atoms with van der Waals surface area (Å²) in [5, 5.41) is 9.09. The molecule has 0 aliphatic carbocycles. The molecule has 0 radical (unpaired) electrons. The molecule has 2 unspecified atom stereocenters. The summed E-state index contributed by atoms with van der Waals surface area (Å²) in [5.74, 6) is -1.39. The maximum atomic E-state index is 11.1. The monoisotopic (exact) mass is 221 g/mol. The zero-order valence-corrected chi connectivity index (χ0v) is 10.0. The van der Waals surface area contributed by atoms with Crippen LogP contribution in [0, 0.1) is 19.8 Å². The van der Waals surface area contributed by atoms with E-state index >= 15 is 0 Å². The van der Waals surface area contributed by atoms with E-state index in [1.54, 1.807) is 0 Å². The van der Waals surface area contributed by atoms with Gasteiger partial charge in [0.2, 0.25) is 0 Å². The summed E-state index contributed by atoms with van der Waals surface area (Å²) in [6, 6.07) is 6.10. The number of hydrogen-bond acceptors (Lipinski definition) is 2. The van der Waals surface area contributed by atoms with Crippen molar-refractivity contribution in [1.82, 2.24) is 0 Å². The maximum absolute atomic E-state index is 11.1. The molecule has 0 fully saturated rings. The van der Waals surface area contributed by atoms with E-state index in [0.717, 1.165) is 16.7 Å². The summed E-state index contributed by atoms with van der Waals surface area (Å²) < 4.78 is 0. The van der Waals surface area contributed by atoms with Crippen LogP contribution in [0.3, 0.4) is 0 Å². The predicted molar refractivity (Wildman–Crippen MR) is 64.5 cm³/mol. The van der Waals surface area contributed by atoms with Crippen LogP contribution in [0.15, 0.2) is 18.2 Å². The molecule has 88 valence electrons. The largest absolute Gasteiger partial charge is 0.481 e. The van der Waals surface area contributed by atoms with Crippen molar-refractivity contribution in [2.24, 2.45) is 11.7 Å². The molecule has 0 aliphatic heterocycles. The first-order chi connectivity index (χ1) is 7.47. The van der Waals surface area contributed by atoms with E-state index in [2.05, 4.69) is 0 Å². The SMILES string of the molecule is Cc1ccc(C)c(C(C)C(CN)C(=O)O)c1. The molecule has 3 nitrogen and oxygen atoms in total. The van der Waals surface area contributed by atoms with E-state index < -0.39 is 11.9 Å². The van der Waals surface area contributed by atoms with Gasteiger partial charge in [0.15, 0.2) is 0 Å². The standard InChI is InChI=1S/C13H19NO2/c1-8-4-5-9(2)11(6-8)10(3)12(7-14)13(15)16/h4-6,10,12H,7,14H2,1-3H3,(H,15,16). The second-order valence-corrected chi connectivity index (χ2v) is 4.33. The number of carbonyl (C=O) groups is 1. The lowest BCUT2D eigenvalue weighted by atomic mass is 9.84. The molecule has 3 N–H and O–H groups in total. The van der Waals surface area contributed by atoms with Crippen LogP contribution < -0.4 is 5.73 Å². The molecule has 0 aliphatic rings. The summed E-state index contributed by atoms with van der Waals surface area (Å²) in [6.45, 7) is 6.10. The lowest BCUT2D eigenvalue weighted by Crippen LogP contribution is -2.28. The van der Waals surface area contributed by atoms with Crippen molar-refractivity contribution in [2.75, 3.05) is 6.54 Å². The molecular formula is C13H19NO2. The highest BCUT2D eigenvalue weighted by molar-refractivity contribution is 5.71. The number of carboxylic acids is 1. The zero-order chi connectivity index (χ0) is 12.3. The Hall–Kier alpha value is -1.35. The summed E-state index contributed by atoms with van der Waals surface area (Å²) in [6.07, 6.45) is 0. The van der Waals surface area contributed by atoms with Crippen LogP contribution in [-0.2, 0) is 4.79 Å². The van der Waals surface area contributed by atoms with E-state index in [-0.39, 0.29) is 12.5 Å². The van der Waals surface area contributed by atoms with Gasteiger partial charge in [-0.25, -0.2) is 0 Å². The average molecular weight is 221 g/mol. The van der Waals surface area contributed by atoms with Crippen LogP contribution in [0.25, 0.3) is 0 Å². The minimum absolute atomic E-state index is 0.0533. The fourth-order valence-corrected chi connectivity index (χ4v) is 1.99. The highest BCUT2D eigenvalue weighted by Crippen LogP contribution is 2.27. The van der Waals surface area contributed by atoms with Gasteiger partial charge in [0.1, 0.15) is 0 Å². The minimum Gasteiger partial charge on any atom is -0.481 e. The van der Waals surface area contributed by atoms with Crippen LogP contribution in [0.2, 0.25) is 0 Å². The first-order valence-corrected chi connectivity index (χ1v) is 5.47. The van der Waals surface area contributed by atoms with E-state index in [4.69, 9.17) is 10.8 Å². The van der Waals surface area contributed by atoms with Crippen LogP contribution in [-0.4, -0.2) is 17.6 Å². The molecule has 1 rings (SSSR count). The number of benzene rings is 1. The van der Waals surface area contributed by atoms with E-state index in [1.165, 1.54) is 0 Å². The Morgan fingerprint density at radius 2 is 2.06 bits per heavy atom. The van der Waals surface area contributed by atoms with Gasteiger partial charge in [0.05, 0.1) is 5.92 Å². The quantitative estimate of drug-likeness (QED) is 0.818. The molecular weight excluding hydrogens is 202 g/mol. The van der Waals surface area contributed by atoms with Crippen molar-refractivity contribution in [1.29, 1.82) is 0 Å². The van der Waals surface area contributed by atoms with Crippen LogP contribution in [0.5, 0.6) is 0 Å². The molecule has 0 amide bonds. The fourth-order valence-electron chi connectivity index (χ4n) is 1.99. The molecule has 0 bridgehead atoms. The number of rotatable bonds is 4. The molecule has 0 spiro atoms. The third-order valence-electron chi connectivity index (χ3n) is 3.10. The number of nitrogens with two attached hydrogens (primary N) is 1. The Morgan fingerprint density at radius 1 is 1.44 bits per heavy atom. The Balaban J connectivity index is 3.07. The van der Waals surface area contributed by atoms with Gasteiger partial charge in [-0.05, 0) is 30.9 Å². The highest BCUT2D eigenvalue weighted by Gasteiger charge is 2.25. The number of aryl methyl sites for hydroxylation is 2. The van der Waals surface area contributed by atoms with Crippen molar-refractivity contribution in [2.45, 2.75) is 26.7 Å². The van der Waals surface area contributed by atoms with E-state index in [9.17, 15) is 4.79 Å². The second-order valence-electron chi connectivity index (χ2n) is 4.33. The van der Waals surface area contributed by atoms with Gasteiger partial charge < -0.3 is 10.8 Å². The first kappa shape index (κ1) is 12.7. The predicted octanol–water partition coefficient (Wildman–Crippen LogP) is 2.07. The normalized spacial score (nSPS) is 14.5. The van der Waals surface area contributed by atoms with Gasteiger partial charge in [0.25, 0.3) is 0 Å². The second kappa shape index (κ2) is 5.12. The molecule has 2 atom stereocenters. The van der Waals surface area contributed by atoms with Gasteiger partial charge in [-0.2, -0.15) is 0 Å². The summed E-state index contributed by atoms with van der Waals surface area (Å²) >= 11 is 0. The van der Waals surface area contributed by atoms with Crippen LogP contribution in [0.1, 0.15) is 29.5 Å². The number of carboxylic acid groups (broad SMARTS) is 1. The molecule has 16 heavy (non-hydrogen) atoms. The van der Waals surface area contributed by atoms with Gasteiger partial charge >= 0.3 is 5.97 Å².